The van der Waals surface area contributed by atoms with Crippen LogP contribution in [-0.2, 0) is 28.6 Å². The molecule has 1 atom stereocenters. The average molecular weight is 1080 g/mol. The van der Waals surface area contributed by atoms with Crippen LogP contribution in [-0.4, -0.2) is 37.2 Å². The van der Waals surface area contributed by atoms with Gasteiger partial charge in [0.1, 0.15) is 13.2 Å². The summed E-state index contributed by atoms with van der Waals surface area (Å²) >= 11 is 0. The van der Waals surface area contributed by atoms with Crippen LogP contribution in [0.3, 0.4) is 0 Å². The van der Waals surface area contributed by atoms with Crippen LogP contribution < -0.4 is 0 Å². The lowest BCUT2D eigenvalue weighted by Crippen LogP contribution is -2.30. The maximum atomic E-state index is 12.8. The highest BCUT2D eigenvalue weighted by atomic mass is 16.6. The van der Waals surface area contributed by atoms with Crippen LogP contribution in [0.5, 0.6) is 0 Å². The first kappa shape index (κ1) is 74.6. The summed E-state index contributed by atoms with van der Waals surface area (Å²) in [6.07, 6.45) is 82.2. The predicted molar refractivity (Wildman–Crippen MR) is 335 cm³/mol. The summed E-state index contributed by atoms with van der Waals surface area (Å²) in [5.74, 6) is -0.875. The van der Waals surface area contributed by atoms with Gasteiger partial charge in [-0.1, -0.05) is 340 Å². The molecule has 0 aliphatic carbocycles. The summed E-state index contributed by atoms with van der Waals surface area (Å²) in [6, 6.07) is 0. The Bertz CT molecular complexity index is 1290. The van der Waals surface area contributed by atoms with Gasteiger partial charge in [0.15, 0.2) is 6.10 Å². The van der Waals surface area contributed by atoms with Crippen molar-refractivity contribution in [3.8, 4) is 0 Å². The first-order valence-electron chi connectivity index (χ1n) is 34.5. The van der Waals surface area contributed by atoms with Gasteiger partial charge in [0.25, 0.3) is 0 Å². The van der Waals surface area contributed by atoms with E-state index in [0.29, 0.717) is 19.3 Å². The summed E-state index contributed by atoms with van der Waals surface area (Å²) < 4.78 is 16.8. The van der Waals surface area contributed by atoms with Crippen molar-refractivity contribution >= 4 is 17.9 Å². The smallest absolute Gasteiger partial charge is 0.306 e. The van der Waals surface area contributed by atoms with E-state index in [2.05, 4.69) is 57.2 Å². The fourth-order valence-electron chi connectivity index (χ4n) is 10.5. The Balaban J connectivity index is 3.96. The zero-order valence-electron chi connectivity index (χ0n) is 52.0. The second kappa shape index (κ2) is 66.1. The molecule has 0 amide bonds. The maximum Gasteiger partial charge on any atom is 0.306 e. The van der Waals surface area contributed by atoms with E-state index in [9.17, 15) is 14.4 Å². The molecule has 0 saturated carbocycles. The third-order valence-corrected chi connectivity index (χ3v) is 15.6. The van der Waals surface area contributed by atoms with Gasteiger partial charge in [-0.25, -0.2) is 0 Å². The predicted octanol–water partition coefficient (Wildman–Crippen LogP) is 23.6. The van der Waals surface area contributed by atoms with Gasteiger partial charge in [-0.15, -0.1) is 0 Å². The molecule has 452 valence electrons. The van der Waals surface area contributed by atoms with Crippen LogP contribution in [0.1, 0.15) is 380 Å². The Morgan fingerprint density at radius 3 is 0.727 bits per heavy atom. The molecule has 0 aliphatic rings. The lowest BCUT2D eigenvalue weighted by atomic mass is 10.0. The Labute approximate surface area is 480 Å². The molecule has 6 nitrogen and oxygen atoms in total. The Morgan fingerprint density at radius 1 is 0.260 bits per heavy atom. The number of carbonyl (C=O) groups excluding carboxylic acids is 3. The molecule has 0 aliphatic heterocycles. The molecule has 77 heavy (non-hydrogen) atoms. The summed E-state index contributed by atoms with van der Waals surface area (Å²) in [5, 5.41) is 0. The van der Waals surface area contributed by atoms with E-state index in [1.807, 2.05) is 0 Å². The minimum atomic E-state index is -0.775. The molecule has 0 bridgehead atoms. The van der Waals surface area contributed by atoms with Gasteiger partial charge in [-0.3, -0.25) is 14.4 Å². The molecule has 0 aromatic carbocycles. The van der Waals surface area contributed by atoms with E-state index in [1.165, 1.54) is 263 Å². The minimum absolute atomic E-state index is 0.0735. The van der Waals surface area contributed by atoms with Gasteiger partial charge in [-0.05, 0) is 57.8 Å². The molecule has 0 rings (SSSR count). The number of hydrogen-bond donors (Lipinski definition) is 0. The number of carbonyl (C=O) groups is 3. The van der Waals surface area contributed by atoms with E-state index < -0.39 is 6.10 Å². The number of allylic oxidation sites excluding steroid dienone is 6. The lowest BCUT2D eigenvalue weighted by Gasteiger charge is -2.18. The van der Waals surface area contributed by atoms with Crippen LogP contribution in [0.15, 0.2) is 36.5 Å². The molecule has 1 unspecified atom stereocenters. The van der Waals surface area contributed by atoms with Crippen molar-refractivity contribution in [2.75, 3.05) is 13.2 Å². The largest absolute Gasteiger partial charge is 0.462 e. The van der Waals surface area contributed by atoms with Crippen molar-refractivity contribution in [3.63, 3.8) is 0 Å². The zero-order chi connectivity index (χ0) is 55.7. The van der Waals surface area contributed by atoms with Crippen LogP contribution >= 0.6 is 0 Å². The van der Waals surface area contributed by atoms with Crippen molar-refractivity contribution in [2.45, 2.75) is 386 Å². The number of rotatable bonds is 64. The van der Waals surface area contributed by atoms with Crippen molar-refractivity contribution in [1.29, 1.82) is 0 Å². The molecular formula is C71H132O6. The molecule has 0 aromatic heterocycles. The summed E-state index contributed by atoms with van der Waals surface area (Å²) in [5.41, 5.74) is 0. The van der Waals surface area contributed by atoms with E-state index in [-0.39, 0.29) is 31.1 Å². The normalized spacial score (nSPS) is 12.2. The summed E-state index contributed by atoms with van der Waals surface area (Å²) in [7, 11) is 0. The number of ether oxygens (including phenoxy) is 3. The number of esters is 3. The van der Waals surface area contributed by atoms with Crippen molar-refractivity contribution in [3.05, 3.63) is 36.5 Å². The molecule has 6 heteroatoms. The first-order valence-corrected chi connectivity index (χ1v) is 34.5. The highest BCUT2D eigenvalue weighted by molar-refractivity contribution is 5.71. The fraction of sp³-hybridized carbons (Fsp3) is 0.873. The number of hydrogen-bond acceptors (Lipinski definition) is 6. The van der Waals surface area contributed by atoms with Gasteiger partial charge in [0.05, 0.1) is 0 Å². The van der Waals surface area contributed by atoms with Crippen LogP contribution in [0.2, 0.25) is 0 Å². The van der Waals surface area contributed by atoms with E-state index in [1.54, 1.807) is 0 Å². The maximum absolute atomic E-state index is 12.8. The quantitative estimate of drug-likeness (QED) is 0.0261. The lowest BCUT2D eigenvalue weighted by molar-refractivity contribution is -0.167. The molecule has 0 radical (unpaired) electrons. The minimum Gasteiger partial charge on any atom is -0.462 e. The molecule has 0 aromatic rings. The molecule has 0 heterocycles. The second-order valence-corrected chi connectivity index (χ2v) is 23.5. The van der Waals surface area contributed by atoms with Gasteiger partial charge in [-0.2, -0.15) is 0 Å². The third kappa shape index (κ3) is 64.3. The topological polar surface area (TPSA) is 78.9 Å². The Kier molecular flexibility index (Phi) is 64.1. The van der Waals surface area contributed by atoms with Gasteiger partial charge in [0, 0.05) is 19.3 Å². The Morgan fingerprint density at radius 2 is 0.468 bits per heavy atom. The van der Waals surface area contributed by atoms with E-state index >= 15 is 0 Å². The molecule has 0 saturated heterocycles. The van der Waals surface area contributed by atoms with Crippen LogP contribution in [0.4, 0.5) is 0 Å². The van der Waals surface area contributed by atoms with Gasteiger partial charge < -0.3 is 14.2 Å². The third-order valence-electron chi connectivity index (χ3n) is 15.6. The molecule has 0 N–H and O–H groups in total. The molecule has 0 fully saturated rings. The monoisotopic (exact) mass is 1080 g/mol. The highest BCUT2D eigenvalue weighted by Gasteiger charge is 2.19. The second-order valence-electron chi connectivity index (χ2n) is 23.5. The zero-order valence-corrected chi connectivity index (χ0v) is 52.0. The van der Waals surface area contributed by atoms with Gasteiger partial charge in [0.2, 0.25) is 0 Å². The molecule has 0 spiro atoms. The standard InChI is InChI=1S/C71H132O6/c1-4-7-10-13-16-18-20-22-24-26-28-30-31-32-33-34-35-36-37-38-39-40-42-43-45-47-49-51-53-55-58-61-64-70(73)76-67-68(66-75-69(72)63-60-57-15-12-9-6-3)77-71(74)65-62-59-56-54-52-50-48-46-44-41-29-27-25-23-21-19-17-14-11-8-5-2/h21,23,27,29,44,46,68H,4-20,22,24-26,28,30-43,45,47-67H2,1-3H3/b23-21-,29-27-,46-44-. The highest BCUT2D eigenvalue weighted by Crippen LogP contribution is 2.18. The SMILES string of the molecule is CCCCCCC/C=C\C/C=C\C/C=C\CCCCCCCCC(=O)OC(COC(=O)CCCCCCCC)COC(=O)CCCCCCCCCCCCCCCCCCCCCCCCCCCCCCCCCC. The van der Waals surface area contributed by atoms with Crippen LogP contribution in [0, 0.1) is 0 Å². The Hall–Kier alpha value is -2.37. The number of unbranched alkanes of at least 4 members (excludes halogenated alkanes) is 47. The van der Waals surface area contributed by atoms with Gasteiger partial charge >= 0.3 is 17.9 Å². The average Bonchev–Trinajstić information content (AvgIpc) is 3.43. The van der Waals surface area contributed by atoms with Crippen molar-refractivity contribution < 1.29 is 28.6 Å². The summed E-state index contributed by atoms with van der Waals surface area (Å²) in [4.78, 5) is 38.0. The summed E-state index contributed by atoms with van der Waals surface area (Å²) in [6.45, 7) is 6.62. The van der Waals surface area contributed by atoms with E-state index in [4.69, 9.17) is 14.2 Å². The van der Waals surface area contributed by atoms with E-state index in [0.717, 1.165) is 77.0 Å². The van der Waals surface area contributed by atoms with Crippen LogP contribution in [0.25, 0.3) is 0 Å². The molecular weight excluding hydrogens is 949 g/mol. The fourth-order valence-corrected chi connectivity index (χ4v) is 10.5. The van der Waals surface area contributed by atoms with Crippen molar-refractivity contribution in [2.24, 2.45) is 0 Å². The first-order chi connectivity index (χ1) is 38.0. The van der Waals surface area contributed by atoms with Crippen molar-refractivity contribution in [1.82, 2.24) is 0 Å².